The van der Waals surface area contributed by atoms with Crippen LogP contribution < -0.4 is 10.6 Å². The van der Waals surface area contributed by atoms with Crippen LogP contribution in [0.25, 0.3) is 0 Å². The molecule has 0 bridgehead atoms. The number of sulfone groups is 1. The highest BCUT2D eigenvalue weighted by molar-refractivity contribution is 7.91. The van der Waals surface area contributed by atoms with Crippen molar-refractivity contribution in [3.05, 3.63) is 5.01 Å². The molecule has 2 heterocycles. The van der Waals surface area contributed by atoms with Crippen molar-refractivity contribution in [1.29, 1.82) is 0 Å². The van der Waals surface area contributed by atoms with E-state index in [1.54, 1.807) is 6.92 Å². The molecule has 0 spiro atoms. The molecule has 2 rings (SSSR count). The van der Waals surface area contributed by atoms with Crippen LogP contribution in [0.3, 0.4) is 0 Å². The van der Waals surface area contributed by atoms with E-state index in [2.05, 4.69) is 20.8 Å². The molecule has 7 nitrogen and oxygen atoms in total. The molecule has 1 aromatic heterocycles. The highest BCUT2D eigenvalue weighted by Gasteiger charge is 2.39. The molecule has 1 saturated heterocycles. The summed E-state index contributed by atoms with van der Waals surface area (Å²) in [6, 6.07) is -0.446. The van der Waals surface area contributed by atoms with Gasteiger partial charge in [0.2, 0.25) is 5.13 Å². The predicted molar refractivity (Wildman–Crippen MR) is 73.1 cm³/mol. The molecular weight excluding hydrogens is 288 g/mol. The number of urea groups is 1. The van der Waals surface area contributed by atoms with Gasteiger partial charge in [0.1, 0.15) is 5.01 Å². The number of hydrogen-bond acceptors (Lipinski definition) is 6. The Bertz CT molecular complexity index is 583. The third kappa shape index (κ3) is 3.63. The maximum atomic E-state index is 11.8. The zero-order chi connectivity index (χ0) is 14.1. The molecule has 0 aromatic carbocycles. The van der Waals surface area contributed by atoms with Gasteiger partial charge in [-0.15, -0.1) is 10.2 Å². The van der Waals surface area contributed by atoms with Crippen LogP contribution >= 0.6 is 11.3 Å². The van der Waals surface area contributed by atoms with Crippen LogP contribution in [-0.4, -0.2) is 41.7 Å². The SMILES string of the molecule is CCc1nnc(NC(=O)N[C@@]2(C)CCS(=O)(=O)C2)s1. The van der Waals surface area contributed by atoms with Crippen molar-refractivity contribution in [3.8, 4) is 0 Å². The first-order valence-corrected chi connectivity index (χ1v) is 8.58. The number of hydrogen-bond donors (Lipinski definition) is 2. The molecule has 9 heteroatoms. The van der Waals surface area contributed by atoms with Crippen LogP contribution in [0, 0.1) is 0 Å². The van der Waals surface area contributed by atoms with Crippen LogP contribution in [-0.2, 0) is 16.3 Å². The van der Waals surface area contributed by atoms with Crippen molar-refractivity contribution in [1.82, 2.24) is 15.5 Å². The topological polar surface area (TPSA) is 101 Å². The van der Waals surface area contributed by atoms with Crippen LogP contribution in [0.15, 0.2) is 0 Å². The molecular formula is C10H16N4O3S2. The Balaban J connectivity index is 1.95. The first-order chi connectivity index (χ1) is 8.82. The van der Waals surface area contributed by atoms with Gasteiger partial charge in [-0.3, -0.25) is 5.32 Å². The summed E-state index contributed by atoms with van der Waals surface area (Å²) in [5, 5.41) is 14.2. The lowest BCUT2D eigenvalue weighted by Gasteiger charge is -2.23. The average molecular weight is 304 g/mol. The summed E-state index contributed by atoms with van der Waals surface area (Å²) in [5.74, 6) is 0.0896. The second-order valence-electron chi connectivity index (χ2n) is 4.84. The lowest BCUT2D eigenvalue weighted by molar-refractivity contribution is 0.242. The summed E-state index contributed by atoms with van der Waals surface area (Å²) >= 11 is 1.31. The quantitative estimate of drug-likeness (QED) is 0.860. The van der Waals surface area contributed by atoms with Crippen molar-refractivity contribution >= 4 is 32.3 Å². The Labute approximate surface area is 115 Å². The van der Waals surface area contributed by atoms with E-state index in [1.807, 2.05) is 6.92 Å². The number of rotatable bonds is 3. The number of aryl methyl sites for hydroxylation is 1. The molecule has 0 saturated carbocycles. The van der Waals surface area contributed by atoms with Crippen molar-refractivity contribution in [2.24, 2.45) is 0 Å². The number of aromatic nitrogens is 2. The van der Waals surface area contributed by atoms with Gasteiger partial charge in [-0.2, -0.15) is 0 Å². The molecule has 0 aliphatic carbocycles. The fraction of sp³-hybridized carbons (Fsp3) is 0.700. The fourth-order valence-corrected chi connectivity index (χ4v) is 4.73. The first kappa shape index (κ1) is 14.2. The highest BCUT2D eigenvalue weighted by Crippen LogP contribution is 2.23. The second-order valence-corrected chi connectivity index (χ2v) is 8.08. The summed E-state index contributed by atoms with van der Waals surface area (Å²) < 4.78 is 22.9. The Morgan fingerprint density at radius 3 is 2.74 bits per heavy atom. The Morgan fingerprint density at radius 1 is 1.47 bits per heavy atom. The number of carbonyl (C=O) groups is 1. The number of nitrogens with one attached hydrogen (secondary N) is 2. The van der Waals surface area contributed by atoms with Crippen molar-refractivity contribution in [2.75, 3.05) is 16.8 Å². The molecule has 1 fully saturated rings. The van der Waals surface area contributed by atoms with Gasteiger partial charge in [0, 0.05) is 0 Å². The largest absolute Gasteiger partial charge is 0.332 e. The van der Waals surface area contributed by atoms with Gasteiger partial charge in [0.25, 0.3) is 0 Å². The van der Waals surface area contributed by atoms with E-state index in [0.29, 0.717) is 11.6 Å². The zero-order valence-corrected chi connectivity index (χ0v) is 12.4. The minimum atomic E-state index is -3.04. The third-order valence-corrected chi connectivity index (χ3v) is 5.79. The summed E-state index contributed by atoms with van der Waals surface area (Å²) in [6.45, 7) is 3.68. The van der Waals surface area contributed by atoms with E-state index in [4.69, 9.17) is 0 Å². The Hall–Kier alpha value is -1.22. The third-order valence-electron chi connectivity index (χ3n) is 2.91. The highest BCUT2D eigenvalue weighted by atomic mass is 32.2. The number of amides is 2. The normalized spacial score (nSPS) is 25.2. The summed E-state index contributed by atoms with van der Waals surface area (Å²) in [7, 11) is -3.04. The number of anilines is 1. The monoisotopic (exact) mass is 304 g/mol. The summed E-state index contributed by atoms with van der Waals surface area (Å²) in [5.41, 5.74) is -0.707. The fourth-order valence-electron chi connectivity index (χ4n) is 1.96. The van der Waals surface area contributed by atoms with Crippen molar-refractivity contribution in [2.45, 2.75) is 32.2 Å². The van der Waals surface area contributed by atoms with Gasteiger partial charge < -0.3 is 5.32 Å². The molecule has 0 unspecified atom stereocenters. The van der Waals surface area contributed by atoms with Crippen LogP contribution in [0.1, 0.15) is 25.3 Å². The molecule has 19 heavy (non-hydrogen) atoms. The van der Waals surface area contributed by atoms with Gasteiger partial charge in [-0.1, -0.05) is 18.3 Å². The van der Waals surface area contributed by atoms with Gasteiger partial charge in [0.05, 0.1) is 17.0 Å². The number of nitrogens with zero attached hydrogens (tertiary/aromatic N) is 2. The van der Waals surface area contributed by atoms with E-state index in [9.17, 15) is 13.2 Å². The molecule has 2 amide bonds. The molecule has 106 valence electrons. The minimum Gasteiger partial charge on any atom is -0.332 e. The van der Waals surface area contributed by atoms with Gasteiger partial charge in [-0.05, 0) is 19.8 Å². The van der Waals surface area contributed by atoms with E-state index >= 15 is 0 Å². The number of carbonyl (C=O) groups excluding carboxylic acids is 1. The molecule has 1 atom stereocenters. The second kappa shape index (κ2) is 5.04. The molecule has 2 N–H and O–H groups in total. The van der Waals surface area contributed by atoms with E-state index in [-0.39, 0.29) is 11.5 Å². The standard InChI is InChI=1S/C10H16N4O3S2/c1-3-7-13-14-9(18-7)11-8(15)12-10(2)4-5-19(16,17)6-10/h3-6H2,1-2H3,(H2,11,12,14,15)/t10-/m0/s1. The summed E-state index contributed by atoms with van der Waals surface area (Å²) in [4.78, 5) is 11.8. The maximum Gasteiger partial charge on any atom is 0.321 e. The Kier molecular flexibility index (Phi) is 3.77. The smallest absolute Gasteiger partial charge is 0.321 e. The first-order valence-electron chi connectivity index (χ1n) is 5.94. The van der Waals surface area contributed by atoms with Gasteiger partial charge in [-0.25, -0.2) is 13.2 Å². The van der Waals surface area contributed by atoms with Crippen LogP contribution in [0.5, 0.6) is 0 Å². The lowest BCUT2D eigenvalue weighted by Crippen LogP contribution is -2.48. The van der Waals surface area contributed by atoms with Crippen molar-refractivity contribution in [3.63, 3.8) is 0 Å². The molecule has 1 aliphatic heterocycles. The average Bonchev–Trinajstić information content (AvgIpc) is 2.83. The van der Waals surface area contributed by atoms with Gasteiger partial charge in [0.15, 0.2) is 9.84 Å². The van der Waals surface area contributed by atoms with E-state index in [1.165, 1.54) is 11.3 Å². The maximum absolute atomic E-state index is 11.8. The van der Waals surface area contributed by atoms with Crippen LogP contribution in [0.4, 0.5) is 9.93 Å². The van der Waals surface area contributed by atoms with Gasteiger partial charge >= 0.3 is 6.03 Å². The Morgan fingerprint density at radius 2 is 2.21 bits per heavy atom. The molecule has 1 aromatic rings. The van der Waals surface area contributed by atoms with E-state index in [0.717, 1.165) is 11.4 Å². The molecule has 0 radical (unpaired) electrons. The van der Waals surface area contributed by atoms with Crippen molar-refractivity contribution < 1.29 is 13.2 Å². The lowest BCUT2D eigenvalue weighted by atomic mass is 10.0. The minimum absolute atomic E-state index is 0.0241. The molecule has 1 aliphatic rings. The predicted octanol–water partition coefficient (Wildman–Crippen LogP) is 0.799. The summed E-state index contributed by atoms with van der Waals surface area (Å²) in [6.07, 6.45) is 1.19. The van der Waals surface area contributed by atoms with Crippen LogP contribution in [0.2, 0.25) is 0 Å². The van der Waals surface area contributed by atoms with E-state index < -0.39 is 21.4 Å². The zero-order valence-electron chi connectivity index (χ0n) is 10.8.